The molecule has 1 heterocycles. The number of anilines is 1. The van der Waals surface area contributed by atoms with E-state index in [-0.39, 0.29) is 16.8 Å². The molecule has 7 nitrogen and oxygen atoms in total. The Morgan fingerprint density at radius 3 is 2.36 bits per heavy atom. The number of carbonyl (C=O) groups is 1. The minimum Gasteiger partial charge on any atom is -0.305 e. The minimum absolute atomic E-state index is 0.119. The molecule has 1 aromatic heterocycles. The van der Waals surface area contributed by atoms with Crippen LogP contribution >= 0.6 is 0 Å². The molecule has 118 valence electrons. The summed E-state index contributed by atoms with van der Waals surface area (Å²) in [5.41, 5.74) is 1.18. The third-order valence-corrected chi connectivity index (χ3v) is 4.44. The minimum atomic E-state index is -3.56. The van der Waals surface area contributed by atoms with Crippen LogP contribution in [0.1, 0.15) is 29.9 Å². The molecule has 0 spiro atoms. The number of aryl methyl sites for hydroxylation is 1. The molecular formula is C14H18N4O3S. The predicted molar refractivity (Wildman–Crippen MR) is 83.2 cm³/mol. The first-order valence-corrected chi connectivity index (χ1v) is 8.22. The maximum Gasteiger partial charge on any atom is 0.256 e. The zero-order chi connectivity index (χ0) is 16.3. The summed E-state index contributed by atoms with van der Waals surface area (Å²) in [5.74, 6) is 0.0629. The Morgan fingerprint density at radius 1 is 1.23 bits per heavy atom. The summed E-state index contributed by atoms with van der Waals surface area (Å²) in [6.45, 7) is 5.31. The largest absolute Gasteiger partial charge is 0.305 e. The molecule has 22 heavy (non-hydrogen) atoms. The molecule has 0 aliphatic heterocycles. The molecule has 0 aliphatic rings. The first-order chi connectivity index (χ1) is 10.3. The zero-order valence-electron chi connectivity index (χ0n) is 12.5. The van der Waals surface area contributed by atoms with Gasteiger partial charge in [-0.3, -0.25) is 9.89 Å². The van der Waals surface area contributed by atoms with Crippen molar-refractivity contribution in [2.24, 2.45) is 0 Å². The highest BCUT2D eigenvalue weighted by atomic mass is 32.2. The average Bonchev–Trinajstić information content (AvgIpc) is 2.83. The fraction of sp³-hybridized carbons (Fsp3) is 0.286. The van der Waals surface area contributed by atoms with Gasteiger partial charge in [-0.25, -0.2) is 13.1 Å². The second-order valence-electron chi connectivity index (χ2n) is 5.19. The second-order valence-corrected chi connectivity index (χ2v) is 6.90. The van der Waals surface area contributed by atoms with Gasteiger partial charge in [0.15, 0.2) is 5.82 Å². The Kier molecular flexibility index (Phi) is 4.62. The number of carbonyl (C=O) groups excluding carboxylic acids is 1. The van der Waals surface area contributed by atoms with Crippen molar-refractivity contribution in [3.8, 4) is 0 Å². The molecule has 2 aromatic rings. The van der Waals surface area contributed by atoms with Crippen LogP contribution in [0.2, 0.25) is 0 Å². The van der Waals surface area contributed by atoms with E-state index in [0.29, 0.717) is 11.4 Å². The number of nitrogens with zero attached hydrogens (tertiary/aromatic N) is 1. The molecule has 8 heteroatoms. The van der Waals surface area contributed by atoms with Crippen LogP contribution in [0.4, 0.5) is 5.82 Å². The highest BCUT2D eigenvalue weighted by Crippen LogP contribution is 2.13. The fourth-order valence-corrected chi connectivity index (χ4v) is 3.09. The van der Waals surface area contributed by atoms with E-state index < -0.39 is 10.0 Å². The molecule has 0 aliphatic carbocycles. The van der Waals surface area contributed by atoms with Gasteiger partial charge in [-0.15, -0.1) is 0 Å². The maximum absolute atomic E-state index is 12.0. The number of H-pyrrole nitrogens is 1. The van der Waals surface area contributed by atoms with Crippen LogP contribution < -0.4 is 10.0 Å². The number of sulfonamides is 1. The van der Waals surface area contributed by atoms with Gasteiger partial charge in [-0.1, -0.05) is 0 Å². The Labute approximate surface area is 129 Å². The summed E-state index contributed by atoms with van der Waals surface area (Å²) >= 11 is 0. The number of amides is 1. The highest BCUT2D eigenvalue weighted by molar-refractivity contribution is 7.89. The molecule has 0 bridgehead atoms. The van der Waals surface area contributed by atoms with Crippen molar-refractivity contribution >= 4 is 21.7 Å². The van der Waals surface area contributed by atoms with Crippen molar-refractivity contribution in [3.05, 3.63) is 41.6 Å². The molecule has 0 saturated carbocycles. The quantitative estimate of drug-likeness (QED) is 0.778. The lowest BCUT2D eigenvalue weighted by molar-refractivity contribution is 0.102. The van der Waals surface area contributed by atoms with Crippen LogP contribution in [0.25, 0.3) is 0 Å². The average molecular weight is 322 g/mol. The molecule has 3 N–H and O–H groups in total. The molecule has 1 amide bonds. The molecule has 0 atom stereocenters. The van der Waals surface area contributed by atoms with Crippen molar-refractivity contribution in [1.29, 1.82) is 0 Å². The smallest absolute Gasteiger partial charge is 0.256 e. The predicted octanol–water partition coefficient (Wildman–Crippen LogP) is 1.66. The van der Waals surface area contributed by atoms with E-state index >= 15 is 0 Å². The van der Waals surface area contributed by atoms with Crippen LogP contribution in [0.3, 0.4) is 0 Å². The van der Waals surface area contributed by atoms with Crippen molar-refractivity contribution < 1.29 is 13.2 Å². The normalized spacial score (nSPS) is 11.6. The van der Waals surface area contributed by atoms with Gasteiger partial charge in [0.2, 0.25) is 10.0 Å². The number of rotatable bonds is 5. The van der Waals surface area contributed by atoms with Crippen LogP contribution in [0, 0.1) is 6.92 Å². The van der Waals surface area contributed by atoms with Crippen molar-refractivity contribution in [2.75, 3.05) is 5.32 Å². The van der Waals surface area contributed by atoms with E-state index in [9.17, 15) is 13.2 Å². The van der Waals surface area contributed by atoms with Crippen molar-refractivity contribution in [3.63, 3.8) is 0 Å². The highest BCUT2D eigenvalue weighted by Gasteiger charge is 2.16. The lowest BCUT2D eigenvalue weighted by Crippen LogP contribution is -2.30. The summed E-state index contributed by atoms with van der Waals surface area (Å²) in [6, 6.07) is 7.22. The molecule has 2 rings (SSSR count). The topological polar surface area (TPSA) is 104 Å². The number of benzene rings is 1. The SMILES string of the molecule is Cc1cc(NC(=O)c2ccc(S(=O)(=O)NC(C)C)cc2)n[nH]1. The van der Waals surface area contributed by atoms with Gasteiger partial charge in [0.05, 0.1) is 4.90 Å². The first-order valence-electron chi connectivity index (χ1n) is 6.74. The molecular weight excluding hydrogens is 304 g/mol. The van der Waals surface area contributed by atoms with Crippen molar-refractivity contribution in [2.45, 2.75) is 31.7 Å². The van der Waals surface area contributed by atoms with Gasteiger partial charge in [0, 0.05) is 23.4 Å². The summed E-state index contributed by atoms with van der Waals surface area (Å²) in [4.78, 5) is 12.2. The van der Waals surface area contributed by atoms with Crippen LogP contribution in [-0.4, -0.2) is 30.6 Å². The summed E-state index contributed by atoms with van der Waals surface area (Å²) < 4.78 is 26.5. The van der Waals surface area contributed by atoms with Crippen LogP contribution in [-0.2, 0) is 10.0 Å². The lowest BCUT2D eigenvalue weighted by atomic mass is 10.2. The van der Waals surface area contributed by atoms with E-state index in [1.54, 1.807) is 19.9 Å². The second kappa shape index (κ2) is 6.29. The number of hydrogen-bond donors (Lipinski definition) is 3. The van der Waals surface area contributed by atoms with Gasteiger partial charge < -0.3 is 5.32 Å². The molecule has 1 aromatic carbocycles. The molecule has 0 unspecified atom stereocenters. The van der Waals surface area contributed by atoms with Gasteiger partial charge in [-0.05, 0) is 45.0 Å². The van der Waals surface area contributed by atoms with E-state index in [2.05, 4.69) is 20.2 Å². The number of aromatic nitrogens is 2. The van der Waals surface area contributed by atoms with Crippen LogP contribution in [0.5, 0.6) is 0 Å². The van der Waals surface area contributed by atoms with E-state index in [1.807, 2.05) is 6.92 Å². The van der Waals surface area contributed by atoms with Crippen molar-refractivity contribution in [1.82, 2.24) is 14.9 Å². The number of nitrogens with one attached hydrogen (secondary N) is 3. The third-order valence-electron chi connectivity index (χ3n) is 2.77. The fourth-order valence-electron chi connectivity index (χ4n) is 1.83. The van der Waals surface area contributed by atoms with E-state index in [0.717, 1.165) is 5.69 Å². The third kappa shape index (κ3) is 3.92. The lowest BCUT2D eigenvalue weighted by Gasteiger charge is -2.10. The molecule has 0 radical (unpaired) electrons. The van der Waals surface area contributed by atoms with Gasteiger partial charge in [0.25, 0.3) is 5.91 Å². The number of aromatic amines is 1. The first kappa shape index (κ1) is 16.2. The Bertz CT molecular complexity index is 764. The Balaban J connectivity index is 2.13. The van der Waals surface area contributed by atoms with Crippen LogP contribution in [0.15, 0.2) is 35.2 Å². The van der Waals surface area contributed by atoms with Gasteiger partial charge in [-0.2, -0.15) is 5.10 Å². The van der Waals surface area contributed by atoms with E-state index in [1.165, 1.54) is 24.3 Å². The molecule has 0 saturated heterocycles. The summed E-state index contributed by atoms with van der Waals surface area (Å²) in [6.07, 6.45) is 0. The zero-order valence-corrected chi connectivity index (χ0v) is 13.4. The number of hydrogen-bond acceptors (Lipinski definition) is 4. The Morgan fingerprint density at radius 2 is 1.86 bits per heavy atom. The molecule has 0 fully saturated rings. The Hall–Kier alpha value is -2.19. The monoisotopic (exact) mass is 322 g/mol. The van der Waals surface area contributed by atoms with Gasteiger partial charge >= 0.3 is 0 Å². The van der Waals surface area contributed by atoms with E-state index in [4.69, 9.17) is 0 Å². The summed E-state index contributed by atoms with van der Waals surface area (Å²) in [7, 11) is -3.56. The maximum atomic E-state index is 12.0. The standard InChI is InChI=1S/C14H18N4O3S/c1-9(2)18-22(20,21)12-6-4-11(5-7-12)14(19)15-13-8-10(3)16-17-13/h4-9,18H,1-3H3,(H2,15,16,17,19). The van der Waals surface area contributed by atoms with Gasteiger partial charge in [0.1, 0.15) is 0 Å². The summed E-state index contributed by atoms with van der Waals surface area (Å²) in [5, 5.41) is 9.25.